The summed E-state index contributed by atoms with van der Waals surface area (Å²) in [5.41, 5.74) is 6.35. The van der Waals surface area contributed by atoms with Gasteiger partial charge >= 0.3 is 0 Å². The van der Waals surface area contributed by atoms with Crippen molar-refractivity contribution in [2.24, 2.45) is 0 Å². The van der Waals surface area contributed by atoms with Crippen LogP contribution in [0.2, 0.25) is 5.02 Å². The predicted octanol–water partition coefficient (Wildman–Crippen LogP) is 8.11. The zero-order chi connectivity index (χ0) is 26.9. The van der Waals surface area contributed by atoms with Gasteiger partial charge in [-0.15, -0.1) is 0 Å². The Morgan fingerprint density at radius 2 is 1.56 bits per heavy atom. The number of nitrogens with zero attached hydrogens (tertiary/aromatic N) is 3. The van der Waals surface area contributed by atoms with Crippen molar-refractivity contribution in [1.29, 1.82) is 0 Å². The Morgan fingerprint density at radius 3 is 2.28 bits per heavy atom. The molecule has 0 saturated carbocycles. The SMILES string of the molecule is Cc1cc([C@@H]2[C@H](c3ccccn3)NC(=S)N2c2ccc(Oc3ccccc3)cc2)c(C)n1-c1cccc(Cl)c1. The largest absolute Gasteiger partial charge is 0.457 e. The summed E-state index contributed by atoms with van der Waals surface area (Å²) in [6.07, 6.45) is 1.82. The van der Waals surface area contributed by atoms with E-state index >= 15 is 0 Å². The molecule has 1 aliphatic rings. The number of benzene rings is 3. The number of aryl methyl sites for hydroxylation is 1. The Kier molecular flexibility index (Phi) is 6.81. The number of hydrogen-bond acceptors (Lipinski definition) is 3. The van der Waals surface area contributed by atoms with Crippen LogP contribution in [-0.4, -0.2) is 14.7 Å². The summed E-state index contributed by atoms with van der Waals surface area (Å²) in [5, 5.41) is 4.92. The molecule has 1 fully saturated rings. The lowest BCUT2D eigenvalue weighted by atomic mass is 9.96. The van der Waals surface area contributed by atoms with Crippen LogP contribution in [0.5, 0.6) is 11.5 Å². The van der Waals surface area contributed by atoms with Gasteiger partial charge in [-0.05, 0) is 104 Å². The number of hydrogen-bond donors (Lipinski definition) is 1. The van der Waals surface area contributed by atoms with E-state index in [0.29, 0.717) is 10.1 Å². The number of thiocarbonyl (C=S) groups is 1. The van der Waals surface area contributed by atoms with Crippen LogP contribution < -0.4 is 15.0 Å². The first-order chi connectivity index (χ1) is 19.0. The second-order valence-corrected chi connectivity index (χ2v) is 10.4. The number of para-hydroxylation sites is 1. The molecule has 0 aliphatic carbocycles. The van der Waals surface area contributed by atoms with E-state index < -0.39 is 0 Å². The van der Waals surface area contributed by atoms with Crippen molar-refractivity contribution in [1.82, 2.24) is 14.9 Å². The third-order valence-corrected chi connectivity index (χ3v) is 7.60. The van der Waals surface area contributed by atoms with Crippen LogP contribution in [0.3, 0.4) is 0 Å². The number of halogens is 1. The fraction of sp³-hybridized carbons (Fsp3) is 0.125. The average Bonchev–Trinajstić information content (AvgIpc) is 3.45. The lowest BCUT2D eigenvalue weighted by Crippen LogP contribution is -2.29. The molecule has 3 aromatic carbocycles. The maximum absolute atomic E-state index is 6.36. The van der Waals surface area contributed by atoms with Crippen LogP contribution in [0, 0.1) is 13.8 Å². The van der Waals surface area contributed by atoms with Gasteiger partial charge in [0.1, 0.15) is 11.5 Å². The van der Waals surface area contributed by atoms with E-state index in [-0.39, 0.29) is 12.1 Å². The number of pyridine rings is 1. The number of ether oxygens (including phenoxy) is 1. The lowest BCUT2D eigenvalue weighted by molar-refractivity contribution is 0.482. The van der Waals surface area contributed by atoms with Gasteiger partial charge in [0.25, 0.3) is 0 Å². The van der Waals surface area contributed by atoms with Crippen molar-refractivity contribution in [2.45, 2.75) is 25.9 Å². The quantitative estimate of drug-likeness (QED) is 0.216. The van der Waals surface area contributed by atoms with Gasteiger partial charge in [-0.1, -0.05) is 41.9 Å². The maximum atomic E-state index is 6.36. The molecule has 0 unspecified atom stereocenters. The molecular formula is C32H27ClN4OS. The first-order valence-electron chi connectivity index (χ1n) is 12.8. The summed E-state index contributed by atoms with van der Waals surface area (Å²) >= 11 is 12.3. The predicted molar refractivity (Wildman–Crippen MR) is 161 cm³/mol. The second-order valence-electron chi connectivity index (χ2n) is 9.55. The highest BCUT2D eigenvalue weighted by molar-refractivity contribution is 7.80. The van der Waals surface area contributed by atoms with E-state index in [4.69, 9.17) is 33.5 Å². The van der Waals surface area contributed by atoms with Crippen molar-refractivity contribution < 1.29 is 4.74 Å². The molecular weight excluding hydrogens is 524 g/mol. The van der Waals surface area contributed by atoms with Crippen molar-refractivity contribution >= 4 is 34.6 Å². The molecule has 5 nitrogen and oxygen atoms in total. The lowest BCUT2D eigenvalue weighted by Gasteiger charge is -2.28. The molecule has 3 heterocycles. The first kappa shape index (κ1) is 25.2. The van der Waals surface area contributed by atoms with Gasteiger partial charge in [-0.2, -0.15) is 0 Å². The van der Waals surface area contributed by atoms with Crippen LogP contribution in [0.15, 0.2) is 109 Å². The van der Waals surface area contributed by atoms with Gasteiger partial charge < -0.3 is 19.5 Å². The van der Waals surface area contributed by atoms with Gasteiger partial charge in [0.2, 0.25) is 0 Å². The Hall–Kier alpha value is -4.13. The van der Waals surface area contributed by atoms with E-state index in [1.54, 1.807) is 0 Å². The Morgan fingerprint density at radius 1 is 0.821 bits per heavy atom. The highest BCUT2D eigenvalue weighted by Gasteiger charge is 2.42. The Labute approximate surface area is 238 Å². The molecule has 39 heavy (non-hydrogen) atoms. The van der Waals surface area contributed by atoms with Gasteiger partial charge in [0.05, 0.1) is 17.8 Å². The molecule has 1 aliphatic heterocycles. The van der Waals surface area contributed by atoms with E-state index in [0.717, 1.165) is 40.0 Å². The minimum absolute atomic E-state index is 0.118. The zero-order valence-corrected chi connectivity index (χ0v) is 23.2. The summed E-state index contributed by atoms with van der Waals surface area (Å²) < 4.78 is 8.27. The molecule has 2 atom stereocenters. The van der Waals surface area contributed by atoms with Crippen LogP contribution in [-0.2, 0) is 0 Å². The Balaban J connectivity index is 1.42. The highest BCUT2D eigenvalue weighted by Crippen LogP contribution is 2.44. The molecule has 0 amide bonds. The van der Waals surface area contributed by atoms with Crippen molar-refractivity contribution in [3.05, 3.63) is 137 Å². The van der Waals surface area contributed by atoms with Crippen molar-refractivity contribution in [2.75, 3.05) is 4.90 Å². The number of nitrogens with one attached hydrogen (secondary N) is 1. The molecule has 0 bridgehead atoms. The average molecular weight is 551 g/mol. The minimum atomic E-state index is -0.132. The molecule has 1 saturated heterocycles. The first-order valence-corrected chi connectivity index (χ1v) is 13.6. The Bertz CT molecular complexity index is 1620. The second kappa shape index (κ2) is 10.6. The minimum Gasteiger partial charge on any atom is -0.457 e. The van der Waals surface area contributed by atoms with Gasteiger partial charge in [-0.25, -0.2) is 0 Å². The van der Waals surface area contributed by atoms with Crippen LogP contribution in [0.1, 0.15) is 34.7 Å². The molecule has 2 aromatic heterocycles. The zero-order valence-electron chi connectivity index (χ0n) is 21.6. The van der Waals surface area contributed by atoms with E-state index in [9.17, 15) is 0 Å². The van der Waals surface area contributed by atoms with Crippen molar-refractivity contribution in [3.8, 4) is 17.2 Å². The topological polar surface area (TPSA) is 42.3 Å². The summed E-state index contributed by atoms with van der Waals surface area (Å²) in [5.74, 6) is 1.56. The third-order valence-electron chi connectivity index (χ3n) is 7.05. The van der Waals surface area contributed by atoms with Gasteiger partial charge in [-0.3, -0.25) is 4.98 Å². The van der Waals surface area contributed by atoms with Crippen LogP contribution in [0.4, 0.5) is 5.69 Å². The van der Waals surface area contributed by atoms with E-state index in [1.807, 2.05) is 85.1 Å². The molecule has 0 radical (unpaired) electrons. The third kappa shape index (κ3) is 4.89. The number of aromatic nitrogens is 2. The molecule has 194 valence electrons. The number of anilines is 1. The van der Waals surface area contributed by atoms with E-state index in [2.05, 4.69) is 52.9 Å². The summed E-state index contributed by atoms with van der Waals surface area (Å²) in [4.78, 5) is 6.88. The fourth-order valence-corrected chi connectivity index (χ4v) is 5.88. The van der Waals surface area contributed by atoms with E-state index in [1.165, 1.54) is 5.56 Å². The van der Waals surface area contributed by atoms with Gasteiger partial charge in [0.15, 0.2) is 5.11 Å². The van der Waals surface area contributed by atoms with Crippen LogP contribution >= 0.6 is 23.8 Å². The number of rotatable bonds is 6. The molecule has 7 heteroatoms. The summed E-state index contributed by atoms with van der Waals surface area (Å²) in [6.45, 7) is 4.27. The normalized spacial score (nSPS) is 16.8. The van der Waals surface area contributed by atoms with Gasteiger partial charge in [0, 0.05) is 34.0 Å². The summed E-state index contributed by atoms with van der Waals surface area (Å²) in [7, 11) is 0. The molecule has 0 spiro atoms. The van der Waals surface area contributed by atoms with Crippen molar-refractivity contribution in [3.63, 3.8) is 0 Å². The molecule has 1 N–H and O–H groups in total. The summed E-state index contributed by atoms with van der Waals surface area (Å²) in [6, 6.07) is 33.7. The molecule has 5 aromatic rings. The van der Waals surface area contributed by atoms with Crippen LogP contribution in [0.25, 0.3) is 5.69 Å². The standard InChI is InChI=1S/C32H27ClN4OS/c1-21-19-28(22(2)36(21)25-10-8-9-23(33)20-25)31-30(29-13-6-7-18-34-29)35-32(39)37(31)24-14-16-27(17-15-24)38-26-11-4-3-5-12-26/h3-20,30-31H,1-2H3,(H,35,39)/t30-,31+/m0/s1. The highest BCUT2D eigenvalue weighted by atomic mass is 35.5. The smallest absolute Gasteiger partial charge is 0.174 e. The molecule has 6 rings (SSSR count). The maximum Gasteiger partial charge on any atom is 0.174 e. The fourth-order valence-electron chi connectivity index (χ4n) is 5.35. The monoisotopic (exact) mass is 550 g/mol.